The molecule has 0 radical (unpaired) electrons. The molecule has 0 aliphatic heterocycles. The molecule has 0 aliphatic rings. The Morgan fingerprint density at radius 1 is 0.938 bits per heavy atom. The molecule has 0 spiro atoms. The topological polar surface area (TPSA) is 0 Å². The van der Waals surface area contributed by atoms with Crippen LogP contribution in [0.2, 0.25) is 10.0 Å². The molecule has 0 heterocycles. The smallest absolute Gasteiger partial charge is 0.132 e. The molecule has 2 aromatic rings. The van der Waals surface area contributed by atoms with E-state index in [1.165, 1.54) is 6.07 Å². The molecular formula is C12H6Cl2FI. The molecule has 0 unspecified atom stereocenters. The molecule has 2 rings (SSSR count). The van der Waals surface area contributed by atoms with Gasteiger partial charge < -0.3 is 0 Å². The van der Waals surface area contributed by atoms with Crippen LogP contribution in [0.25, 0.3) is 11.1 Å². The molecule has 16 heavy (non-hydrogen) atoms. The van der Waals surface area contributed by atoms with Gasteiger partial charge in [0.15, 0.2) is 0 Å². The van der Waals surface area contributed by atoms with Crippen molar-refractivity contribution in [2.75, 3.05) is 0 Å². The van der Waals surface area contributed by atoms with Crippen LogP contribution < -0.4 is 0 Å². The second-order valence-electron chi connectivity index (χ2n) is 3.25. The predicted molar refractivity (Wildman–Crippen MR) is 74.6 cm³/mol. The highest BCUT2D eigenvalue weighted by atomic mass is 127. The fourth-order valence-electron chi connectivity index (χ4n) is 1.39. The summed E-state index contributed by atoms with van der Waals surface area (Å²) in [6, 6.07) is 10.1. The van der Waals surface area contributed by atoms with Crippen LogP contribution in [0.5, 0.6) is 0 Å². The van der Waals surface area contributed by atoms with Gasteiger partial charge in [-0.05, 0) is 52.4 Å². The first-order valence-corrected chi connectivity index (χ1v) is 6.32. The summed E-state index contributed by atoms with van der Waals surface area (Å²) in [5.74, 6) is -0.259. The lowest BCUT2D eigenvalue weighted by Gasteiger charge is -2.05. The molecule has 82 valence electrons. The first-order valence-electron chi connectivity index (χ1n) is 4.48. The molecule has 0 atom stereocenters. The SMILES string of the molecule is Fc1cc(I)ccc1-c1ccc(Cl)c(Cl)c1. The van der Waals surface area contributed by atoms with Crippen LogP contribution >= 0.6 is 45.8 Å². The lowest BCUT2D eigenvalue weighted by Crippen LogP contribution is -1.85. The van der Waals surface area contributed by atoms with E-state index in [1.54, 1.807) is 24.3 Å². The van der Waals surface area contributed by atoms with E-state index in [4.69, 9.17) is 23.2 Å². The normalized spacial score (nSPS) is 10.5. The molecule has 0 N–H and O–H groups in total. The standard InChI is InChI=1S/C12H6Cl2FI/c13-10-4-1-7(5-11(10)14)9-3-2-8(16)6-12(9)15/h1-6H. The lowest BCUT2D eigenvalue weighted by atomic mass is 10.1. The van der Waals surface area contributed by atoms with Crippen molar-refractivity contribution < 1.29 is 4.39 Å². The zero-order valence-electron chi connectivity index (χ0n) is 7.98. The lowest BCUT2D eigenvalue weighted by molar-refractivity contribution is 0.630. The van der Waals surface area contributed by atoms with Crippen molar-refractivity contribution in [3.05, 3.63) is 55.8 Å². The van der Waals surface area contributed by atoms with E-state index < -0.39 is 0 Å². The van der Waals surface area contributed by atoms with Crippen LogP contribution in [0.4, 0.5) is 4.39 Å². The van der Waals surface area contributed by atoms with Gasteiger partial charge in [0.25, 0.3) is 0 Å². The number of hydrogen-bond acceptors (Lipinski definition) is 0. The highest BCUT2D eigenvalue weighted by Crippen LogP contribution is 2.30. The van der Waals surface area contributed by atoms with Gasteiger partial charge in [0.05, 0.1) is 10.0 Å². The monoisotopic (exact) mass is 366 g/mol. The van der Waals surface area contributed by atoms with E-state index in [-0.39, 0.29) is 5.82 Å². The maximum absolute atomic E-state index is 13.7. The van der Waals surface area contributed by atoms with E-state index in [2.05, 4.69) is 22.6 Å². The van der Waals surface area contributed by atoms with Crippen molar-refractivity contribution in [2.45, 2.75) is 0 Å². The van der Waals surface area contributed by atoms with Gasteiger partial charge in [-0.3, -0.25) is 0 Å². The van der Waals surface area contributed by atoms with Gasteiger partial charge in [0, 0.05) is 9.13 Å². The van der Waals surface area contributed by atoms with E-state index in [1.807, 2.05) is 6.07 Å². The summed E-state index contributed by atoms with van der Waals surface area (Å²) in [5, 5.41) is 0.897. The van der Waals surface area contributed by atoms with Crippen LogP contribution in [0.15, 0.2) is 36.4 Å². The Morgan fingerprint density at radius 3 is 2.31 bits per heavy atom. The zero-order chi connectivity index (χ0) is 11.7. The summed E-state index contributed by atoms with van der Waals surface area (Å²) in [6.45, 7) is 0. The first-order chi connectivity index (χ1) is 7.58. The maximum Gasteiger partial charge on any atom is 0.132 e. The van der Waals surface area contributed by atoms with Gasteiger partial charge in [-0.1, -0.05) is 35.3 Å². The number of benzene rings is 2. The fourth-order valence-corrected chi connectivity index (χ4v) is 2.14. The Kier molecular flexibility index (Phi) is 3.72. The molecule has 4 heteroatoms. The van der Waals surface area contributed by atoms with Crippen molar-refractivity contribution in [3.63, 3.8) is 0 Å². The Balaban J connectivity index is 2.54. The number of rotatable bonds is 1. The molecular weight excluding hydrogens is 361 g/mol. The molecule has 0 aromatic heterocycles. The molecule has 0 saturated heterocycles. The van der Waals surface area contributed by atoms with E-state index in [0.717, 1.165) is 9.13 Å². The van der Waals surface area contributed by atoms with Crippen LogP contribution in [0.1, 0.15) is 0 Å². The average Bonchev–Trinajstić information content (AvgIpc) is 2.22. The molecule has 2 aromatic carbocycles. The van der Waals surface area contributed by atoms with Crippen molar-refractivity contribution >= 4 is 45.8 Å². The summed E-state index contributed by atoms with van der Waals surface area (Å²) < 4.78 is 14.5. The number of hydrogen-bond donors (Lipinski definition) is 0. The Hall–Kier alpha value is -0.320. The van der Waals surface area contributed by atoms with Crippen LogP contribution in [0.3, 0.4) is 0 Å². The van der Waals surface area contributed by atoms with Crippen LogP contribution in [-0.4, -0.2) is 0 Å². The summed E-state index contributed by atoms with van der Waals surface area (Å²) >= 11 is 13.8. The van der Waals surface area contributed by atoms with E-state index in [9.17, 15) is 4.39 Å². The quantitative estimate of drug-likeness (QED) is 0.592. The van der Waals surface area contributed by atoms with Gasteiger partial charge in [-0.25, -0.2) is 4.39 Å². The van der Waals surface area contributed by atoms with Crippen LogP contribution in [0, 0.1) is 9.39 Å². The third kappa shape index (κ3) is 2.50. The van der Waals surface area contributed by atoms with Gasteiger partial charge >= 0.3 is 0 Å². The summed E-state index contributed by atoms with van der Waals surface area (Å²) in [6.07, 6.45) is 0. The van der Waals surface area contributed by atoms with Gasteiger partial charge in [0.2, 0.25) is 0 Å². The van der Waals surface area contributed by atoms with Crippen molar-refractivity contribution in [3.8, 4) is 11.1 Å². The molecule has 0 nitrogen and oxygen atoms in total. The fraction of sp³-hybridized carbons (Fsp3) is 0. The summed E-state index contributed by atoms with van der Waals surface area (Å²) in [4.78, 5) is 0. The molecule has 0 bridgehead atoms. The van der Waals surface area contributed by atoms with Crippen molar-refractivity contribution in [1.29, 1.82) is 0 Å². The van der Waals surface area contributed by atoms with Gasteiger partial charge in [-0.2, -0.15) is 0 Å². The largest absolute Gasteiger partial charge is 0.206 e. The van der Waals surface area contributed by atoms with Crippen LogP contribution in [-0.2, 0) is 0 Å². The second kappa shape index (κ2) is 4.90. The Labute approximate surface area is 117 Å². The second-order valence-corrected chi connectivity index (χ2v) is 5.31. The highest BCUT2D eigenvalue weighted by Gasteiger charge is 2.07. The Bertz CT molecular complexity index is 541. The van der Waals surface area contributed by atoms with Gasteiger partial charge in [-0.15, -0.1) is 0 Å². The van der Waals surface area contributed by atoms with Crippen molar-refractivity contribution in [1.82, 2.24) is 0 Å². The molecule has 0 saturated carbocycles. The third-order valence-corrected chi connectivity index (χ3v) is 3.57. The average molecular weight is 367 g/mol. The predicted octanol–water partition coefficient (Wildman–Crippen LogP) is 5.40. The minimum atomic E-state index is -0.259. The minimum Gasteiger partial charge on any atom is -0.206 e. The first kappa shape index (κ1) is 12.1. The van der Waals surface area contributed by atoms with E-state index >= 15 is 0 Å². The minimum absolute atomic E-state index is 0.259. The molecule has 0 fully saturated rings. The molecule has 0 amide bonds. The zero-order valence-corrected chi connectivity index (χ0v) is 11.6. The highest BCUT2D eigenvalue weighted by molar-refractivity contribution is 14.1. The number of halogens is 4. The Morgan fingerprint density at radius 2 is 1.69 bits per heavy atom. The van der Waals surface area contributed by atoms with Gasteiger partial charge in [0.1, 0.15) is 5.82 Å². The van der Waals surface area contributed by atoms with E-state index in [0.29, 0.717) is 15.6 Å². The maximum atomic E-state index is 13.7. The third-order valence-electron chi connectivity index (χ3n) is 2.16. The summed E-state index contributed by atoms with van der Waals surface area (Å²) in [5.41, 5.74) is 1.25. The summed E-state index contributed by atoms with van der Waals surface area (Å²) in [7, 11) is 0. The molecule has 0 aliphatic carbocycles. The van der Waals surface area contributed by atoms with Crippen molar-refractivity contribution in [2.24, 2.45) is 0 Å².